The maximum Gasteiger partial charge on any atom is 0.244 e. The van der Waals surface area contributed by atoms with Gasteiger partial charge in [0.1, 0.15) is 0 Å². The van der Waals surface area contributed by atoms with Crippen LogP contribution in [0.25, 0.3) is 0 Å². The van der Waals surface area contributed by atoms with E-state index in [4.69, 9.17) is 11.6 Å². The summed E-state index contributed by atoms with van der Waals surface area (Å²) in [5.74, 6) is 0. The molecule has 64 valence electrons. The first-order valence-corrected chi connectivity index (χ1v) is 4.51. The van der Waals surface area contributed by atoms with Crippen LogP contribution in [0.4, 0.5) is 0 Å². The van der Waals surface area contributed by atoms with Crippen LogP contribution in [-0.2, 0) is 4.79 Å². The van der Waals surface area contributed by atoms with E-state index < -0.39 is 0 Å². The molecule has 0 aromatic rings. The molecule has 0 saturated heterocycles. The molecule has 0 unspecified atom stereocenters. The van der Waals surface area contributed by atoms with Gasteiger partial charge in [-0.2, -0.15) is 0 Å². The Morgan fingerprint density at radius 3 is 2.64 bits per heavy atom. The van der Waals surface area contributed by atoms with Gasteiger partial charge in [-0.3, -0.25) is 4.79 Å². The van der Waals surface area contributed by atoms with E-state index in [-0.39, 0.29) is 5.24 Å². The quantitative estimate of drug-likeness (QED) is 0.343. The van der Waals surface area contributed by atoms with Crippen LogP contribution < -0.4 is 0 Å². The highest BCUT2D eigenvalue weighted by Crippen LogP contribution is 2.02. The molecule has 0 saturated carbocycles. The van der Waals surface area contributed by atoms with Gasteiger partial charge >= 0.3 is 0 Å². The largest absolute Gasteiger partial charge is 0.276 e. The standard InChI is InChI=1S/C9H15ClO/c1-2-3-4-5-6-7-8-9(10)11/h7-8H,2-6H2,1H3/b8-7+. The Kier molecular flexibility index (Phi) is 7.59. The SMILES string of the molecule is CCCCCC/C=C/C(=O)Cl. The first-order valence-electron chi connectivity index (χ1n) is 4.13. The van der Waals surface area contributed by atoms with Crippen molar-refractivity contribution < 1.29 is 4.79 Å². The molecule has 2 heteroatoms. The molecular formula is C9H15ClO. The summed E-state index contributed by atoms with van der Waals surface area (Å²) in [5.41, 5.74) is 0. The van der Waals surface area contributed by atoms with E-state index in [2.05, 4.69) is 6.92 Å². The van der Waals surface area contributed by atoms with E-state index in [9.17, 15) is 4.79 Å². The molecule has 0 heterocycles. The van der Waals surface area contributed by atoms with Crippen molar-refractivity contribution in [3.63, 3.8) is 0 Å². The molecule has 0 N–H and O–H groups in total. The van der Waals surface area contributed by atoms with Crippen molar-refractivity contribution in [2.75, 3.05) is 0 Å². The summed E-state index contributed by atoms with van der Waals surface area (Å²) < 4.78 is 0. The molecule has 0 bridgehead atoms. The number of carbonyl (C=O) groups excluding carboxylic acids is 1. The minimum absolute atomic E-state index is 0.375. The second-order valence-corrected chi connectivity index (χ2v) is 2.93. The summed E-state index contributed by atoms with van der Waals surface area (Å²) in [6, 6.07) is 0. The van der Waals surface area contributed by atoms with Crippen LogP contribution in [-0.4, -0.2) is 5.24 Å². The molecule has 0 aliphatic rings. The molecule has 0 aromatic carbocycles. The fraction of sp³-hybridized carbons (Fsp3) is 0.667. The normalized spacial score (nSPS) is 10.7. The summed E-state index contributed by atoms with van der Waals surface area (Å²) >= 11 is 5.09. The van der Waals surface area contributed by atoms with Gasteiger partial charge in [0.25, 0.3) is 0 Å². The summed E-state index contributed by atoms with van der Waals surface area (Å²) in [7, 11) is 0. The third kappa shape index (κ3) is 9.70. The Morgan fingerprint density at radius 1 is 1.36 bits per heavy atom. The van der Waals surface area contributed by atoms with E-state index in [0.717, 1.165) is 12.8 Å². The van der Waals surface area contributed by atoms with Crippen LogP contribution in [0.5, 0.6) is 0 Å². The Morgan fingerprint density at radius 2 is 2.09 bits per heavy atom. The molecule has 0 aliphatic carbocycles. The van der Waals surface area contributed by atoms with E-state index in [1.54, 1.807) is 0 Å². The lowest BCUT2D eigenvalue weighted by molar-refractivity contribution is -0.107. The zero-order valence-electron chi connectivity index (χ0n) is 6.98. The fourth-order valence-corrected chi connectivity index (χ4v) is 0.954. The Bertz CT molecular complexity index is 130. The van der Waals surface area contributed by atoms with Gasteiger partial charge < -0.3 is 0 Å². The molecule has 0 atom stereocenters. The molecule has 1 nitrogen and oxygen atoms in total. The van der Waals surface area contributed by atoms with Crippen molar-refractivity contribution in [2.24, 2.45) is 0 Å². The second-order valence-electron chi connectivity index (χ2n) is 2.56. The number of hydrogen-bond donors (Lipinski definition) is 0. The highest BCUT2D eigenvalue weighted by molar-refractivity contribution is 6.66. The topological polar surface area (TPSA) is 17.1 Å². The smallest absolute Gasteiger partial charge is 0.244 e. The summed E-state index contributed by atoms with van der Waals surface area (Å²) in [5, 5.41) is -0.375. The lowest BCUT2D eigenvalue weighted by Crippen LogP contribution is -1.77. The highest BCUT2D eigenvalue weighted by atomic mass is 35.5. The van der Waals surface area contributed by atoms with Crippen molar-refractivity contribution >= 4 is 16.8 Å². The van der Waals surface area contributed by atoms with Gasteiger partial charge in [0.15, 0.2) is 0 Å². The van der Waals surface area contributed by atoms with Gasteiger partial charge in [0.05, 0.1) is 0 Å². The summed E-state index contributed by atoms with van der Waals surface area (Å²) in [4.78, 5) is 10.2. The Hall–Kier alpha value is -0.300. The lowest BCUT2D eigenvalue weighted by atomic mass is 10.1. The van der Waals surface area contributed by atoms with Crippen LogP contribution >= 0.6 is 11.6 Å². The van der Waals surface area contributed by atoms with E-state index in [0.29, 0.717) is 0 Å². The van der Waals surface area contributed by atoms with Crippen LogP contribution in [0.15, 0.2) is 12.2 Å². The molecule has 0 amide bonds. The van der Waals surface area contributed by atoms with Crippen molar-refractivity contribution in [3.05, 3.63) is 12.2 Å². The van der Waals surface area contributed by atoms with E-state index >= 15 is 0 Å². The predicted octanol–water partition coefficient (Wildman–Crippen LogP) is 3.28. The monoisotopic (exact) mass is 174 g/mol. The van der Waals surface area contributed by atoms with Crippen LogP contribution in [0.3, 0.4) is 0 Å². The summed E-state index contributed by atoms with van der Waals surface area (Å²) in [6.07, 6.45) is 9.17. The van der Waals surface area contributed by atoms with Gasteiger partial charge in [-0.15, -0.1) is 0 Å². The summed E-state index contributed by atoms with van der Waals surface area (Å²) in [6.45, 7) is 2.18. The minimum atomic E-state index is -0.375. The number of hydrogen-bond acceptors (Lipinski definition) is 1. The molecule has 0 fully saturated rings. The first-order chi connectivity index (χ1) is 5.27. The fourth-order valence-electron chi connectivity index (χ4n) is 0.865. The van der Waals surface area contributed by atoms with Crippen LogP contribution in [0, 0.1) is 0 Å². The van der Waals surface area contributed by atoms with Gasteiger partial charge in [0, 0.05) is 0 Å². The maximum absolute atomic E-state index is 10.2. The van der Waals surface area contributed by atoms with Crippen molar-refractivity contribution in [1.29, 1.82) is 0 Å². The minimum Gasteiger partial charge on any atom is -0.276 e. The lowest BCUT2D eigenvalue weighted by Gasteiger charge is -1.92. The molecule has 0 aliphatic heterocycles. The van der Waals surface area contributed by atoms with E-state index in [1.807, 2.05) is 6.08 Å². The van der Waals surface area contributed by atoms with Gasteiger partial charge in [-0.25, -0.2) is 0 Å². The molecule has 0 radical (unpaired) electrons. The number of unbranched alkanes of at least 4 members (excludes halogenated alkanes) is 4. The maximum atomic E-state index is 10.2. The second kappa shape index (κ2) is 7.80. The Balaban J connectivity index is 3.07. The predicted molar refractivity (Wildman–Crippen MR) is 48.8 cm³/mol. The number of halogens is 1. The number of allylic oxidation sites excluding steroid dienone is 2. The van der Waals surface area contributed by atoms with Crippen molar-refractivity contribution in [3.8, 4) is 0 Å². The third-order valence-corrected chi connectivity index (χ3v) is 1.60. The van der Waals surface area contributed by atoms with Gasteiger partial charge in [-0.1, -0.05) is 32.3 Å². The third-order valence-electron chi connectivity index (χ3n) is 1.47. The van der Waals surface area contributed by atoms with Gasteiger partial charge in [-0.05, 0) is 30.5 Å². The first kappa shape index (κ1) is 10.7. The highest BCUT2D eigenvalue weighted by Gasteiger charge is 1.86. The zero-order chi connectivity index (χ0) is 8.53. The van der Waals surface area contributed by atoms with Crippen molar-refractivity contribution in [1.82, 2.24) is 0 Å². The average molecular weight is 175 g/mol. The molecule has 11 heavy (non-hydrogen) atoms. The van der Waals surface area contributed by atoms with E-state index in [1.165, 1.54) is 25.3 Å². The average Bonchev–Trinajstić information content (AvgIpc) is 1.96. The van der Waals surface area contributed by atoms with Gasteiger partial charge in [0.2, 0.25) is 5.24 Å². The molecule has 0 aromatic heterocycles. The Labute approximate surface area is 73.4 Å². The number of carbonyl (C=O) groups is 1. The van der Waals surface area contributed by atoms with Crippen LogP contribution in [0.1, 0.15) is 39.0 Å². The molecule has 0 spiro atoms. The number of rotatable bonds is 6. The zero-order valence-corrected chi connectivity index (χ0v) is 7.73. The molecular weight excluding hydrogens is 160 g/mol. The molecule has 0 rings (SSSR count). The van der Waals surface area contributed by atoms with Crippen LogP contribution in [0.2, 0.25) is 0 Å². The van der Waals surface area contributed by atoms with Crippen molar-refractivity contribution in [2.45, 2.75) is 39.0 Å².